The maximum absolute atomic E-state index is 13.2. The zero-order valence-electron chi connectivity index (χ0n) is 18.2. The molecule has 8 nitrogen and oxygen atoms in total. The summed E-state index contributed by atoms with van der Waals surface area (Å²) in [5.41, 5.74) is -0.888. The Morgan fingerprint density at radius 3 is 2.50 bits per heavy atom. The number of aliphatic hydroxyl groups is 1. The molecule has 1 aliphatic heterocycles. The van der Waals surface area contributed by atoms with Crippen LogP contribution in [0.2, 0.25) is 5.02 Å². The monoisotopic (exact) mass is 480 g/mol. The fraction of sp³-hybridized carbons (Fsp3) is 0.409. The van der Waals surface area contributed by atoms with Crippen LogP contribution < -0.4 is 10.3 Å². The third kappa shape index (κ3) is 3.53. The molecular weight excluding hydrogens is 456 g/mol. The second-order valence-electron chi connectivity index (χ2n) is 8.25. The molecule has 0 saturated carbocycles. The van der Waals surface area contributed by atoms with Crippen molar-refractivity contribution in [2.75, 3.05) is 13.1 Å². The average Bonchev–Trinajstić information content (AvgIpc) is 3.05. The van der Waals surface area contributed by atoms with Gasteiger partial charge in [-0.15, -0.1) is 0 Å². The van der Waals surface area contributed by atoms with Gasteiger partial charge in [0.2, 0.25) is 10.0 Å². The predicted molar refractivity (Wildman–Crippen MR) is 121 cm³/mol. The molecule has 0 amide bonds. The lowest BCUT2D eigenvalue weighted by molar-refractivity contribution is -0.0765. The molecule has 1 N–H and O–H groups in total. The summed E-state index contributed by atoms with van der Waals surface area (Å²) in [6.07, 6.45) is -1.20. The lowest BCUT2D eigenvalue weighted by Gasteiger charge is -2.41. The minimum atomic E-state index is -3.77. The Morgan fingerprint density at radius 1 is 1.16 bits per heavy atom. The van der Waals surface area contributed by atoms with Gasteiger partial charge in [-0.3, -0.25) is 4.79 Å². The van der Waals surface area contributed by atoms with Crippen LogP contribution >= 0.6 is 11.6 Å². The minimum Gasteiger partial charge on any atom is -0.485 e. The van der Waals surface area contributed by atoms with E-state index in [9.17, 15) is 18.3 Å². The van der Waals surface area contributed by atoms with Crippen LogP contribution in [-0.2, 0) is 10.0 Å². The molecule has 2 atom stereocenters. The molecule has 2 aromatic carbocycles. The van der Waals surface area contributed by atoms with E-state index in [0.29, 0.717) is 35.0 Å². The second-order valence-corrected chi connectivity index (χ2v) is 10.6. The van der Waals surface area contributed by atoms with Gasteiger partial charge < -0.3 is 14.4 Å². The number of sulfonamides is 1. The van der Waals surface area contributed by atoms with E-state index in [2.05, 4.69) is 0 Å². The van der Waals surface area contributed by atoms with Gasteiger partial charge in [-0.1, -0.05) is 25.4 Å². The van der Waals surface area contributed by atoms with Crippen LogP contribution in [0.5, 0.6) is 5.75 Å². The van der Waals surface area contributed by atoms with E-state index in [1.54, 1.807) is 45.9 Å². The van der Waals surface area contributed by atoms with Crippen molar-refractivity contribution in [2.45, 2.75) is 50.3 Å². The van der Waals surface area contributed by atoms with Crippen molar-refractivity contribution in [2.24, 2.45) is 0 Å². The van der Waals surface area contributed by atoms with Crippen LogP contribution in [0.4, 0.5) is 0 Å². The number of aromatic nitrogens is 1. The fourth-order valence-corrected chi connectivity index (χ4v) is 5.74. The first-order valence-electron chi connectivity index (χ1n) is 10.3. The molecule has 1 aromatic heterocycles. The average molecular weight is 481 g/mol. The molecule has 4 rings (SSSR count). The minimum absolute atomic E-state index is 0.0488. The van der Waals surface area contributed by atoms with Crippen molar-refractivity contribution in [3.05, 3.63) is 57.3 Å². The highest BCUT2D eigenvalue weighted by molar-refractivity contribution is 7.89. The van der Waals surface area contributed by atoms with Gasteiger partial charge >= 0.3 is 0 Å². The number of hydrogen-bond acceptors (Lipinski definition) is 6. The number of fused-ring (bicyclic) bond motifs is 2. The molecule has 2 heterocycles. The summed E-state index contributed by atoms with van der Waals surface area (Å²) in [6, 6.07) is 8.14. The van der Waals surface area contributed by atoms with Gasteiger partial charge in [-0.2, -0.15) is 9.05 Å². The fourth-order valence-electron chi connectivity index (χ4n) is 4.07. The highest BCUT2D eigenvalue weighted by atomic mass is 35.5. The summed E-state index contributed by atoms with van der Waals surface area (Å²) in [4.78, 5) is 13.2. The molecule has 0 saturated heterocycles. The Morgan fingerprint density at radius 2 is 1.84 bits per heavy atom. The van der Waals surface area contributed by atoms with Gasteiger partial charge in [0.25, 0.3) is 5.56 Å². The first kappa shape index (κ1) is 22.8. The Balaban J connectivity index is 1.95. The zero-order chi connectivity index (χ0) is 23.4. The molecule has 172 valence electrons. The summed E-state index contributed by atoms with van der Waals surface area (Å²) in [5, 5.41) is 11.8. The van der Waals surface area contributed by atoms with Gasteiger partial charge in [-0.25, -0.2) is 8.42 Å². The van der Waals surface area contributed by atoms with Crippen molar-refractivity contribution >= 4 is 32.6 Å². The lowest BCUT2D eigenvalue weighted by Crippen LogP contribution is -2.51. The molecule has 3 aromatic rings. The van der Waals surface area contributed by atoms with Crippen LogP contribution in [0.1, 0.15) is 39.3 Å². The number of aliphatic hydroxyl groups excluding tert-OH is 1. The molecule has 1 aliphatic rings. The first-order chi connectivity index (χ1) is 15.0. The van der Waals surface area contributed by atoms with Crippen molar-refractivity contribution in [1.82, 2.24) is 9.05 Å². The Hall–Kier alpha value is -2.33. The van der Waals surface area contributed by atoms with Gasteiger partial charge in [0.15, 0.2) is 5.58 Å². The second kappa shape index (κ2) is 7.91. The summed E-state index contributed by atoms with van der Waals surface area (Å²) < 4.78 is 40.4. The van der Waals surface area contributed by atoms with Crippen LogP contribution in [-0.4, -0.2) is 47.4 Å². The Labute approximate surface area is 191 Å². The molecule has 0 unspecified atom stereocenters. The third-order valence-corrected chi connectivity index (χ3v) is 8.13. The number of rotatable bonds is 5. The maximum atomic E-state index is 13.2. The van der Waals surface area contributed by atoms with Crippen molar-refractivity contribution in [3.8, 4) is 5.75 Å². The smallest absolute Gasteiger partial charge is 0.291 e. The highest BCUT2D eigenvalue weighted by Gasteiger charge is 2.46. The zero-order valence-corrected chi connectivity index (χ0v) is 19.8. The topological polar surface area (TPSA) is 102 Å². The molecule has 0 fully saturated rings. The Bertz CT molecular complexity index is 1340. The summed E-state index contributed by atoms with van der Waals surface area (Å²) in [5.74, 6) is 0.370. The normalized spacial score (nSPS) is 20.3. The van der Waals surface area contributed by atoms with Crippen molar-refractivity contribution in [1.29, 1.82) is 0 Å². The SMILES string of the molecule is CCN(CC)S(=O)(=O)c1ccc2c(c1)[C@@H](n1oc3ccc(Cl)cc3c1=O)[C@H](O)C(C)(C)O2. The largest absolute Gasteiger partial charge is 0.485 e. The molecule has 0 spiro atoms. The highest BCUT2D eigenvalue weighted by Crippen LogP contribution is 2.43. The van der Waals surface area contributed by atoms with E-state index >= 15 is 0 Å². The van der Waals surface area contributed by atoms with E-state index in [0.717, 1.165) is 4.74 Å². The molecule has 10 heteroatoms. The first-order valence-corrected chi connectivity index (χ1v) is 12.1. The van der Waals surface area contributed by atoms with Crippen LogP contribution in [0.3, 0.4) is 0 Å². The van der Waals surface area contributed by atoms with Gasteiger partial charge in [0.1, 0.15) is 23.5 Å². The van der Waals surface area contributed by atoms with Crippen LogP contribution in [0, 0.1) is 0 Å². The maximum Gasteiger partial charge on any atom is 0.291 e. The van der Waals surface area contributed by atoms with Gasteiger partial charge in [-0.05, 0) is 50.2 Å². The number of ether oxygens (including phenoxy) is 1. The summed E-state index contributed by atoms with van der Waals surface area (Å²) in [7, 11) is -3.77. The van der Waals surface area contributed by atoms with Crippen LogP contribution in [0.15, 0.2) is 50.6 Å². The molecular formula is C22H25ClN2O6S. The van der Waals surface area contributed by atoms with E-state index in [1.807, 2.05) is 0 Å². The number of halogens is 1. The van der Waals surface area contributed by atoms with Crippen LogP contribution in [0.25, 0.3) is 11.0 Å². The van der Waals surface area contributed by atoms with E-state index < -0.39 is 33.3 Å². The van der Waals surface area contributed by atoms with E-state index in [1.165, 1.54) is 22.5 Å². The summed E-state index contributed by atoms with van der Waals surface area (Å²) in [6.45, 7) is 7.54. The Kier molecular flexibility index (Phi) is 5.65. The number of hydrogen-bond donors (Lipinski definition) is 1. The van der Waals surface area contributed by atoms with Gasteiger partial charge in [0, 0.05) is 23.7 Å². The van der Waals surface area contributed by atoms with Crippen molar-refractivity contribution < 1.29 is 22.8 Å². The third-order valence-electron chi connectivity index (χ3n) is 5.85. The summed E-state index contributed by atoms with van der Waals surface area (Å²) >= 11 is 6.04. The lowest BCUT2D eigenvalue weighted by atomic mass is 9.86. The standard InChI is InChI=1S/C22H25ClN2O6S/c1-5-24(6-2)32(28,29)14-8-10-17-15(12-14)19(20(26)22(3,4)30-17)25-21(27)16-11-13(23)7-9-18(16)31-25/h7-12,19-20,26H,5-6H2,1-4H3/t19-,20+/m1/s1. The molecule has 0 bridgehead atoms. The number of nitrogens with zero attached hydrogens (tertiary/aromatic N) is 2. The van der Waals surface area contributed by atoms with Gasteiger partial charge in [0.05, 0.1) is 10.3 Å². The molecule has 0 radical (unpaired) electrons. The number of benzene rings is 2. The van der Waals surface area contributed by atoms with E-state index in [-0.39, 0.29) is 10.3 Å². The van der Waals surface area contributed by atoms with E-state index in [4.69, 9.17) is 20.9 Å². The van der Waals surface area contributed by atoms with Crippen molar-refractivity contribution in [3.63, 3.8) is 0 Å². The molecule has 32 heavy (non-hydrogen) atoms. The quantitative estimate of drug-likeness (QED) is 0.600. The molecule has 0 aliphatic carbocycles. The predicted octanol–water partition coefficient (Wildman–Crippen LogP) is 3.40.